The molecule has 0 N–H and O–H groups in total. The van der Waals surface area contributed by atoms with E-state index in [-0.39, 0.29) is 0 Å². The normalized spacial score (nSPS) is 10.7. The molecule has 0 atom stereocenters. The number of nitrogens with zero attached hydrogens (tertiary/aromatic N) is 1. The maximum Gasteiger partial charge on any atom is 0.0708 e. The van der Waals surface area contributed by atoms with Gasteiger partial charge in [-0.25, -0.2) is 0 Å². The van der Waals surface area contributed by atoms with E-state index in [0.29, 0.717) is 0 Å². The first kappa shape index (κ1) is 12.6. The molecule has 0 aliphatic carbocycles. The molecular weight excluding hydrogens is 242 g/mol. The van der Waals surface area contributed by atoms with Gasteiger partial charge in [0.2, 0.25) is 0 Å². The van der Waals surface area contributed by atoms with Crippen LogP contribution in [0.5, 0.6) is 0 Å². The SMILES string of the molecule is C=C(CC)c1ccc(-c2cc3ccccc3cn2)cc1. The molecule has 0 bridgehead atoms. The molecule has 20 heavy (non-hydrogen) atoms. The molecule has 2 aromatic carbocycles. The highest BCUT2D eigenvalue weighted by atomic mass is 14.7. The molecule has 1 heteroatoms. The van der Waals surface area contributed by atoms with Crippen molar-refractivity contribution in [3.63, 3.8) is 0 Å². The highest BCUT2D eigenvalue weighted by Gasteiger charge is 2.02. The predicted molar refractivity (Wildman–Crippen MR) is 86.5 cm³/mol. The summed E-state index contributed by atoms with van der Waals surface area (Å²) in [5, 5.41) is 2.40. The van der Waals surface area contributed by atoms with Crippen molar-refractivity contribution in [3.8, 4) is 11.3 Å². The Morgan fingerprint density at radius 1 is 1.00 bits per heavy atom. The average molecular weight is 259 g/mol. The second-order valence-electron chi connectivity index (χ2n) is 4.95. The van der Waals surface area contributed by atoms with E-state index in [0.717, 1.165) is 17.7 Å². The van der Waals surface area contributed by atoms with Crippen molar-refractivity contribution in [3.05, 3.63) is 72.9 Å². The van der Waals surface area contributed by atoms with Gasteiger partial charge in [-0.3, -0.25) is 4.98 Å². The fourth-order valence-corrected chi connectivity index (χ4v) is 2.32. The zero-order chi connectivity index (χ0) is 13.9. The third-order valence-corrected chi connectivity index (χ3v) is 3.65. The molecule has 98 valence electrons. The van der Waals surface area contributed by atoms with Crippen LogP contribution in [-0.2, 0) is 0 Å². The fraction of sp³-hybridized carbons (Fsp3) is 0.105. The van der Waals surface area contributed by atoms with Crippen LogP contribution in [0.4, 0.5) is 0 Å². The second-order valence-corrected chi connectivity index (χ2v) is 4.95. The molecule has 0 aliphatic rings. The molecule has 1 nitrogen and oxygen atoms in total. The molecule has 0 amide bonds. The van der Waals surface area contributed by atoms with Crippen LogP contribution >= 0.6 is 0 Å². The Morgan fingerprint density at radius 2 is 1.70 bits per heavy atom. The molecule has 3 aromatic rings. The summed E-state index contributed by atoms with van der Waals surface area (Å²) in [6.07, 6.45) is 2.91. The maximum atomic E-state index is 4.55. The largest absolute Gasteiger partial charge is 0.256 e. The molecular formula is C19H17N. The summed E-state index contributed by atoms with van der Waals surface area (Å²) in [6.45, 7) is 6.20. The standard InChI is InChI=1S/C19H17N/c1-3-14(2)15-8-10-16(11-9-15)19-12-17-6-4-5-7-18(17)13-20-19/h4-13H,2-3H2,1H3. The van der Waals surface area contributed by atoms with Gasteiger partial charge in [-0.05, 0) is 29.0 Å². The molecule has 0 saturated heterocycles. The van der Waals surface area contributed by atoms with Gasteiger partial charge in [0.25, 0.3) is 0 Å². The second kappa shape index (κ2) is 5.30. The van der Waals surface area contributed by atoms with E-state index < -0.39 is 0 Å². The van der Waals surface area contributed by atoms with Gasteiger partial charge in [-0.2, -0.15) is 0 Å². The Kier molecular flexibility index (Phi) is 3.34. The lowest BCUT2D eigenvalue weighted by Gasteiger charge is -2.06. The minimum absolute atomic E-state index is 0.980. The van der Waals surface area contributed by atoms with Crippen LogP contribution < -0.4 is 0 Å². The number of hydrogen-bond donors (Lipinski definition) is 0. The van der Waals surface area contributed by atoms with E-state index in [1.165, 1.54) is 21.9 Å². The first-order chi connectivity index (χ1) is 9.78. The van der Waals surface area contributed by atoms with Crippen LogP contribution in [0.1, 0.15) is 18.9 Å². The van der Waals surface area contributed by atoms with Crippen molar-refractivity contribution in [1.29, 1.82) is 0 Å². The number of benzene rings is 2. The lowest BCUT2D eigenvalue weighted by Crippen LogP contribution is -1.86. The number of fused-ring (bicyclic) bond motifs is 1. The van der Waals surface area contributed by atoms with Gasteiger partial charge in [0.1, 0.15) is 0 Å². The molecule has 1 heterocycles. The Bertz CT molecular complexity index is 754. The molecule has 1 aromatic heterocycles. The van der Waals surface area contributed by atoms with Crippen molar-refractivity contribution < 1.29 is 0 Å². The van der Waals surface area contributed by atoms with Gasteiger partial charge < -0.3 is 0 Å². The lowest BCUT2D eigenvalue weighted by molar-refractivity contribution is 1.24. The monoisotopic (exact) mass is 259 g/mol. The topological polar surface area (TPSA) is 12.9 Å². The molecule has 0 radical (unpaired) electrons. The number of rotatable bonds is 3. The number of hydrogen-bond acceptors (Lipinski definition) is 1. The Morgan fingerprint density at radius 3 is 2.40 bits per heavy atom. The van der Waals surface area contributed by atoms with Gasteiger partial charge in [0, 0.05) is 17.1 Å². The molecule has 0 spiro atoms. The highest BCUT2D eigenvalue weighted by Crippen LogP contribution is 2.24. The lowest BCUT2D eigenvalue weighted by atomic mass is 10.0. The van der Waals surface area contributed by atoms with Gasteiger partial charge >= 0.3 is 0 Å². The van der Waals surface area contributed by atoms with E-state index in [4.69, 9.17) is 0 Å². The highest BCUT2D eigenvalue weighted by molar-refractivity contribution is 5.85. The molecule has 0 unspecified atom stereocenters. The number of aromatic nitrogens is 1. The van der Waals surface area contributed by atoms with Crippen LogP contribution in [-0.4, -0.2) is 4.98 Å². The smallest absolute Gasteiger partial charge is 0.0708 e. The van der Waals surface area contributed by atoms with E-state index in [9.17, 15) is 0 Å². The van der Waals surface area contributed by atoms with E-state index in [1.54, 1.807) is 0 Å². The zero-order valence-electron chi connectivity index (χ0n) is 11.6. The van der Waals surface area contributed by atoms with Crippen molar-refractivity contribution in [2.45, 2.75) is 13.3 Å². The van der Waals surface area contributed by atoms with Crippen molar-refractivity contribution >= 4 is 16.3 Å². The number of allylic oxidation sites excluding steroid dienone is 1. The van der Waals surface area contributed by atoms with Crippen LogP contribution in [0.3, 0.4) is 0 Å². The van der Waals surface area contributed by atoms with Gasteiger partial charge in [-0.15, -0.1) is 0 Å². The summed E-state index contributed by atoms with van der Waals surface area (Å²) in [5.74, 6) is 0. The minimum atomic E-state index is 0.980. The first-order valence-electron chi connectivity index (χ1n) is 6.91. The summed E-state index contributed by atoms with van der Waals surface area (Å²) in [7, 11) is 0. The third kappa shape index (κ3) is 2.35. The zero-order valence-corrected chi connectivity index (χ0v) is 11.6. The van der Waals surface area contributed by atoms with Crippen molar-refractivity contribution in [2.75, 3.05) is 0 Å². The minimum Gasteiger partial charge on any atom is -0.256 e. The van der Waals surface area contributed by atoms with Crippen LogP contribution in [0, 0.1) is 0 Å². The van der Waals surface area contributed by atoms with E-state index >= 15 is 0 Å². The maximum absolute atomic E-state index is 4.55. The molecule has 0 aliphatic heterocycles. The summed E-state index contributed by atoms with van der Waals surface area (Å²) in [6, 6.07) is 18.9. The van der Waals surface area contributed by atoms with E-state index in [2.05, 4.69) is 67.0 Å². The Labute approximate surface area is 119 Å². The van der Waals surface area contributed by atoms with Gasteiger partial charge in [0.15, 0.2) is 0 Å². The van der Waals surface area contributed by atoms with Crippen molar-refractivity contribution in [2.24, 2.45) is 0 Å². The van der Waals surface area contributed by atoms with Gasteiger partial charge in [-0.1, -0.05) is 62.0 Å². The summed E-state index contributed by atoms with van der Waals surface area (Å²) < 4.78 is 0. The number of pyridine rings is 1. The van der Waals surface area contributed by atoms with Gasteiger partial charge in [0.05, 0.1) is 5.69 Å². The fourth-order valence-electron chi connectivity index (χ4n) is 2.32. The third-order valence-electron chi connectivity index (χ3n) is 3.65. The summed E-state index contributed by atoms with van der Waals surface area (Å²) in [4.78, 5) is 4.55. The quantitative estimate of drug-likeness (QED) is 0.620. The van der Waals surface area contributed by atoms with E-state index in [1.807, 2.05) is 12.3 Å². The summed E-state index contributed by atoms with van der Waals surface area (Å²) in [5.41, 5.74) is 4.53. The Hall–Kier alpha value is -2.41. The van der Waals surface area contributed by atoms with Crippen molar-refractivity contribution in [1.82, 2.24) is 4.98 Å². The molecule has 3 rings (SSSR count). The molecule has 0 saturated carbocycles. The average Bonchev–Trinajstić information content (AvgIpc) is 2.54. The first-order valence-corrected chi connectivity index (χ1v) is 6.91. The van der Waals surface area contributed by atoms with Crippen LogP contribution in [0.25, 0.3) is 27.6 Å². The Balaban J connectivity index is 2.00. The van der Waals surface area contributed by atoms with Crippen LogP contribution in [0.2, 0.25) is 0 Å². The summed E-state index contributed by atoms with van der Waals surface area (Å²) >= 11 is 0. The predicted octanol–water partition coefficient (Wildman–Crippen LogP) is 5.33. The molecule has 0 fully saturated rings. The van der Waals surface area contributed by atoms with Crippen LogP contribution in [0.15, 0.2) is 67.4 Å².